The number of carbonyl (C=O) groups excluding carboxylic acids is 1. The van der Waals surface area contributed by atoms with Crippen molar-refractivity contribution in [3.8, 4) is 5.75 Å². The first kappa shape index (κ1) is 14.8. The number of phenols is 1. The predicted octanol–water partition coefficient (Wildman–Crippen LogP) is 2.48. The summed E-state index contributed by atoms with van der Waals surface area (Å²) >= 11 is 5.96. The van der Waals surface area contributed by atoms with E-state index in [1.807, 2.05) is 0 Å². The van der Waals surface area contributed by atoms with Gasteiger partial charge in [-0.05, 0) is 32.0 Å². The van der Waals surface area contributed by atoms with Gasteiger partial charge >= 0.3 is 5.97 Å². The molecule has 0 bridgehead atoms. The molecule has 0 atom stereocenters. The topological polar surface area (TPSA) is 58.6 Å². The van der Waals surface area contributed by atoms with E-state index >= 15 is 0 Å². The second kappa shape index (κ2) is 7.95. The third kappa shape index (κ3) is 4.94. The molecule has 1 aromatic carbocycles. The average Bonchev–Trinajstić information content (AvgIpc) is 2.32. The third-order valence-corrected chi connectivity index (χ3v) is 2.79. The maximum Gasteiger partial charge on any atom is 0.305 e. The summed E-state index contributed by atoms with van der Waals surface area (Å²) in [6.07, 6.45) is 1.10. The van der Waals surface area contributed by atoms with Gasteiger partial charge in [0.15, 0.2) is 0 Å². The summed E-state index contributed by atoms with van der Waals surface area (Å²) in [7, 11) is 0. The number of carbonyl (C=O) groups is 1. The smallest absolute Gasteiger partial charge is 0.305 e. The molecule has 1 rings (SSSR count). The van der Waals surface area contributed by atoms with E-state index in [1.54, 1.807) is 25.1 Å². The summed E-state index contributed by atoms with van der Waals surface area (Å²) in [5.74, 6) is 0.000262. The molecule has 1 aromatic rings. The summed E-state index contributed by atoms with van der Waals surface area (Å²) < 4.78 is 4.82. The fourth-order valence-corrected chi connectivity index (χ4v) is 1.76. The number of benzene rings is 1. The van der Waals surface area contributed by atoms with Gasteiger partial charge in [-0.25, -0.2) is 0 Å². The number of hydrogen-bond acceptors (Lipinski definition) is 4. The van der Waals surface area contributed by atoms with Gasteiger partial charge in [0.25, 0.3) is 0 Å². The van der Waals surface area contributed by atoms with Crippen LogP contribution in [0.3, 0.4) is 0 Å². The lowest BCUT2D eigenvalue weighted by Gasteiger charge is -2.08. The van der Waals surface area contributed by atoms with Gasteiger partial charge in [-0.1, -0.05) is 17.7 Å². The highest BCUT2D eigenvalue weighted by atomic mass is 35.5. The molecule has 0 spiro atoms. The Balaban J connectivity index is 2.24. The van der Waals surface area contributed by atoms with Crippen molar-refractivity contribution in [3.63, 3.8) is 0 Å². The Hall–Kier alpha value is -1.26. The van der Waals surface area contributed by atoms with Gasteiger partial charge in [0.1, 0.15) is 5.75 Å². The molecular weight excluding hydrogens is 254 g/mol. The Morgan fingerprint density at radius 1 is 1.50 bits per heavy atom. The molecule has 5 heteroatoms. The molecule has 2 N–H and O–H groups in total. The van der Waals surface area contributed by atoms with Gasteiger partial charge in [0.2, 0.25) is 0 Å². The van der Waals surface area contributed by atoms with Crippen molar-refractivity contribution in [2.24, 2.45) is 0 Å². The molecular formula is C13H18ClNO3. The van der Waals surface area contributed by atoms with Crippen LogP contribution in [0.4, 0.5) is 0 Å². The number of phenolic OH excluding ortho intramolecular Hbond substituents is 1. The SMILES string of the molecule is CCOC(=O)CCCNCc1c(O)cccc1Cl. The predicted molar refractivity (Wildman–Crippen MR) is 70.7 cm³/mol. The standard InChI is InChI=1S/C13H18ClNO3/c1-2-18-13(17)7-4-8-15-9-10-11(14)5-3-6-12(10)16/h3,5-6,15-16H,2,4,7-9H2,1H3. The maximum atomic E-state index is 11.1. The van der Waals surface area contributed by atoms with Crippen LogP contribution in [0.25, 0.3) is 0 Å². The molecule has 0 aromatic heterocycles. The molecule has 0 fully saturated rings. The van der Waals surface area contributed by atoms with Crippen LogP contribution in [0, 0.1) is 0 Å². The summed E-state index contributed by atoms with van der Waals surface area (Å²) in [6.45, 7) is 3.36. The van der Waals surface area contributed by atoms with Crippen molar-refractivity contribution in [1.29, 1.82) is 0 Å². The molecule has 0 amide bonds. The van der Waals surface area contributed by atoms with Crippen molar-refractivity contribution < 1.29 is 14.6 Å². The fourth-order valence-electron chi connectivity index (χ4n) is 1.53. The Kier molecular flexibility index (Phi) is 6.54. The third-order valence-electron chi connectivity index (χ3n) is 2.44. The Labute approximate surface area is 112 Å². The van der Waals surface area contributed by atoms with Crippen molar-refractivity contribution in [2.45, 2.75) is 26.3 Å². The maximum absolute atomic E-state index is 11.1. The average molecular weight is 272 g/mol. The molecule has 0 radical (unpaired) electrons. The van der Waals surface area contributed by atoms with Gasteiger partial charge in [-0.3, -0.25) is 4.79 Å². The van der Waals surface area contributed by atoms with Crippen LogP contribution in [-0.4, -0.2) is 24.2 Å². The first-order valence-corrected chi connectivity index (χ1v) is 6.35. The van der Waals surface area contributed by atoms with Gasteiger partial charge < -0.3 is 15.2 Å². The van der Waals surface area contributed by atoms with Crippen molar-refractivity contribution in [2.75, 3.05) is 13.2 Å². The second-order valence-electron chi connectivity index (χ2n) is 3.82. The minimum Gasteiger partial charge on any atom is -0.508 e. The molecule has 0 aliphatic rings. The normalized spacial score (nSPS) is 10.3. The summed E-state index contributed by atoms with van der Waals surface area (Å²) in [6, 6.07) is 5.03. The largest absolute Gasteiger partial charge is 0.508 e. The van der Waals surface area contributed by atoms with Crippen LogP contribution >= 0.6 is 11.6 Å². The molecule has 18 heavy (non-hydrogen) atoms. The van der Waals surface area contributed by atoms with Crippen LogP contribution < -0.4 is 5.32 Å². The highest BCUT2D eigenvalue weighted by molar-refractivity contribution is 6.31. The zero-order valence-electron chi connectivity index (χ0n) is 10.4. The molecule has 0 unspecified atom stereocenters. The first-order chi connectivity index (χ1) is 8.65. The molecule has 0 aliphatic carbocycles. The monoisotopic (exact) mass is 271 g/mol. The lowest BCUT2D eigenvalue weighted by molar-refractivity contribution is -0.143. The van der Waals surface area contributed by atoms with E-state index in [1.165, 1.54) is 0 Å². The number of nitrogens with one attached hydrogen (secondary N) is 1. The molecule has 0 saturated carbocycles. The van der Waals surface area contributed by atoms with Crippen LogP contribution in [0.5, 0.6) is 5.75 Å². The zero-order valence-corrected chi connectivity index (χ0v) is 11.2. The number of esters is 1. The highest BCUT2D eigenvalue weighted by Gasteiger charge is 2.05. The van der Waals surface area contributed by atoms with E-state index in [4.69, 9.17) is 16.3 Å². The lowest BCUT2D eigenvalue weighted by atomic mass is 10.2. The van der Waals surface area contributed by atoms with E-state index in [0.29, 0.717) is 43.1 Å². The molecule has 100 valence electrons. The van der Waals surface area contributed by atoms with Gasteiger partial charge in [-0.2, -0.15) is 0 Å². The minimum atomic E-state index is -0.181. The highest BCUT2D eigenvalue weighted by Crippen LogP contribution is 2.24. The van der Waals surface area contributed by atoms with Crippen LogP contribution in [0.1, 0.15) is 25.3 Å². The van der Waals surface area contributed by atoms with Gasteiger partial charge in [0, 0.05) is 23.6 Å². The molecule has 0 saturated heterocycles. The van der Waals surface area contributed by atoms with Crippen molar-refractivity contribution in [3.05, 3.63) is 28.8 Å². The Morgan fingerprint density at radius 2 is 2.28 bits per heavy atom. The molecule has 0 heterocycles. The van der Waals surface area contributed by atoms with Gasteiger partial charge in [-0.15, -0.1) is 0 Å². The zero-order chi connectivity index (χ0) is 13.4. The van der Waals surface area contributed by atoms with Crippen molar-refractivity contribution >= 4 is 17.6 Å². The van der Waals surface area contributed by atoms with E-state index in [-0.39, 0.29) is 11.7 Å². The van der Waals surface area contributed by atoms with Crippen LogP contribution in [0.15, 0.2) is 18.2 Å². The molecule has 0 aliphatic heterocycles. The van der Waals surface area contributed by atoms with E-state index in [9.17, 15) is 9.90 Å². The number of aromatic hydroxyl groups is 1. The van der Waals surface area contributed by atoms with E-state index in [0.717, 1.165) is 0 Å². The summed E-state index contributed by atoms with van der Waals surface area (Å²) in [5, 5.41) is 13.3. The number of rotatable bonds is 7. The number of ether oxygens (including phenoxy) is 1. The fraction of sp³-hybridized carbons (Fsp3) is 0.462. The van der Waals surface area contributed by atoms with E-state index in [2.05, 4.69) is 5.32 Å². The molecule has 4 nitrogen and oxygen atoms in total. The summed E-state index contributed by atoms with van der Waals surface area (Å²) in [4.78, 5) is 11.1. The Morgan fingerprint density at radius 3 is 2.94 bits per heavy atom. The summed E-state index contributed by atoms with van der Waals surface area (Å²) in [5.41, 5.74) is 0.676. The quantitative estimate of drug-likeness (QED) is 0.591. The first-order valence-electron chi connectivity index (χ1n) is 5.97. The van der Waals surface area contributed by atoms with Crippen molar-refractivity contribution in [1.82, 2.24) is 5.32 Å². The Bertz CT molecular complexity index is 376. The van der Waals surface area contributed by atoms with Crippen LogP contribution in [-0.2, 0) is 16.1 Å². The van der Waals surface area contributed by atoms with Gasteiger partial charge in [0.05, 0.1) is 6.61 Å². The lowest BCUT2D eigenvalue weighted by Crippen LogP contribution is -2.16. The number of hydrogen-bond donors (Lipinski definition) is 2. The van der Waals surface area contributed by atoms with Crippen LogP contribution in [0.2, 0.25) is 5.02 Å². The minimum absolute atomic E-state index is 0.181. The number of halogens is 1. The van der Waals surface area contributed by atoms with E-state index < -0.39 is 0 Å². The second-order valence-corrected chi connectivity index (χ2v) is 4.23.